The molecule has 0 bridgehead atoms. The number of nitrogens with zero attached hydrogens (tertiary/aromatic N) is 3. The highest BCUT2D eigenvalue weighted by Gasteiger charge is 2.09. The normalized spacial score (nSPS) is 10.4. The van der Waals surface area contributed by atoms with Gasteiger partial charge in [-0.2, -0.15) is 5.26 Å². The third kappa shape index (κ3) is 1.08. The first-order valence-corrected chi connectivity index (χ1v) is 4.49. The Morgan fingerprint density at radius 1 is 1.36 bits per heavy atom. The second-order valence-electron chi connectivity index (χ2n) is 3.53. The third-order valence-corrected chi connectivity index (χ3v) is 2.36. The molecule has 0 saturated heterocycles. The maximum Gasteiger partial charge on any atom is 0.155 e. The largest absolute Gasteiger partial charge is 0.304 e. The van der Waals surface area contributed by atoms with Crippen LogP contribution in [0.4, 0.5) is 0 Å². The number of nitriles is 1. The van der Waals surface area contributed by atoms with Crippen molar-refractivity contribution in [2.24, 2.45) is 0 Å². The summed E-state index contributed by atoms with van der Waals surface area (Å²) in [6.45, 7) is 5.89. The highest BCUT2D eigenvalue weighted by molar-refractivity contribution is 5.60. The van der Waals surface area contributed by atoms with Crippen molar-refractivity contribution in [2.45, 2.75) is 20.8 Å². The molecule has 2 rings (SSSR count). The number of aryl methyl sites for hydroxylation is 3. The number of fused-ring (bicyclic) bond motifs is 1. The van der Waals surface area contributed by atoms with Crippen molar-refractivity contribution in [3.05, 3.63) is 34.8 Å². The highest BCUT2D eigenvalue weighted by atomic mass is 15.0. The zero-order valence-corrected chi connectivity index (χ0v) is 8.50. The van der Waals surface area contributed by atoms with Crippen LogP contribution in [0.3, 0.4) is 0 Å². The standard InChI is InChI=1S/C11H11N3/c1-7-6-14-9(3)4-8(2)13-11(14)10(7)5-12/h4,6H,1-3H3. The van der Waals surface area contributed by atoms with Crippen molar-refractivity contribution >= 4 is 5.65 Å². The minimum Gasteiger partial charge on any atom is -0.304 e. The average Bonchev–Trinajstić information content (AvgIpc) is 2.41. The topological polar surface area (TPSA) is 41.1 Å². The summed E-state index contributed by atoms with van der Waals surface area (Å²) >= 11 is 0. The Labute approximate surface area is 82.6 Å². The Balaban J connectivity index is 2.97. The summed E-state index contributed by atoms with van der Waals surface area (Å²) in [4.78, 5) is 4.37. The van der Waals surface area contributed by atoms with Crippen molar-refractivity contribution in [1.29, 1.82) is 5.26 Å². The van der Waals surface area contributed by atoms with Crippen molar-refractivity contribution in [1.82, 2.24) is 9.38 Å². The van der Waals surface area contributed by atoms with E-state index in [1.165, 1.54) is 0 Å². The van der Waals surface area contributed by atoms with Gasteiger partial charge in [0.05, 0.1) is 5.56 Å². The van der Waals surface area contributed by atoms with Gasteiger partial charge in [0, 0.05) is 17.6 Å². The molecule has 3 heteroatoms. The molecule has 0 aliphatic carbocycles. The molecule has 14 heavy (non-hydrogen) atoms. The Morgan fingerprint density at radius 2 is 2.07 bits per heavy atom. The zero-order chi connectivity index (χ0) is 10.3. The lowest BCUT2D eigenvalue weighted by atomic mass is 10.2. The van der Waals surface area contributed by atoms with Gasteiger partial charge in [-0.15, -0.1) is 0 Å². The Bertz CT molecular complexity index is 544. The van der Waals surface area contributed by atoms with E-state index in [1.807, 2.05) is 37.4 Å². The van der Waals surface area contributed by atoms with Crippen LogP contribution < -0.4 is 0 Å². The molecule has 2 aromatic heterocycles. The Kier molecular flexibility index (Phi) is 1.78. The van der Waals surface area contributed by atoms with Gasteiger partial charge in [-0.25, -0.2) is 4.98 Å². The van der Waals surface area contributed by atoms with Gasteiger partial charge in [0.2, 0.25) is 0 Å². The van der Waals surface area contributed by atoms with Crippen LogP contribution in [0.25, 0.3) is 5.65 Å². The number of aromatic nitrogens is 2. The minimum atomic E-state index is 0.678. The highest BCUT2D eigenvalue weighted by Crippen LogP contribution is 2.17. The molecule has 0 saturated carbocycles. The van der Waals surface area contributed by atoms with Crippen molar-refractivity contribution in [3.63, 3.8) is 0 Å². The molecule has 0 radical (unpaired) electrons. The Hall–Kier alpha value is -1.82. The van der Waals surface area contributed by atoms with E-state index in [0.29, 0.717) is 5.56 Å². The molecule has 2 aromatic rings. The average molecular weight is 185 g/mol. The van der Waals surface area contributed by atoms with Crippen LogP contribution in [0.15, 0.2) is 12.3 Å². The second-order valence-corrected chi connectivity index (χ2v) is 3.53. The molecule has 0 fully saturated rings. The second kappa shape index (κ2) is 2.85. The predicted octanol–water partition coefficient (Wildman–Crippen LogP) is 2.13. The summed E-state index contributed by atoms with van der Waals surface area (Å²) in [7, 11) is 0. The molecule has 0 aliphatic rings. The van der Waals surface area contributed by atoms with Gasteiger partial charge in [0.1, 0.15) is 6.07 Å². The van der Waals surface area contributed by atoms with Gasteiger partial charge in [-0.1, -0.05) is 0 Å². The first kappa shape index (κ1) is 8.76. The van der Waals surface area contributed by atoms with Crippen LogP contribution in [0, 0.1) is 32.1 Å². The molecule has 0 aliphatic heterocycles. The molecule has 0 amide bonds. The van der Waals surface area contributed by atoms with Crippen molar-refractivity contribution in [2.75, 3.05) is 0 Å². The molecular formula is C11H11N3. The lowest BCUT2D eigenvalue weighted by Gasteiger charge is -2.01. The van der Waals surface area contributed by atoms with Crippen molar-refractivity contribution in [3.8, 4) is 6.07 Å². The first-order chi connectivity index (χ1) is 6.63. The molecule has 3 nitrogen and oxygen atoms in total. The van der Waals surface area contributed by atoms with Gasteiger partial charge in [0.25, 0.3) is 0 Å². The van der Waals surface area contributed by atoms with E-state index in [2.05, 4.69) is 11.1 Å². The smallest absolute Gasteiger partial charge is 0.155 e. The van der Waals surface area contributed by atoms with Crippen molar-refractivity contribution < 1.29 is 0 Å². The maximum absolute atomic E-state index is 8.98. The fraction of sp³-hybridized carbons (Fsp3) is 0.273. The maximum atomic E-state index is 8.98. The molecule has 0 aromatic carbocycles. The summed E-state index contributed by atoms with van der Waals surface area (Å²) in [5.41, 5.74) is 4.48. The first-order valence-electron chi connectivity index (χ1n) is 4.49. The lowest BCUT2D eigenvalue weighted by Crippen LogP contribution is -1.94. The predicted molar refractivity (Wildman–Crippen MR) is 54.1 cm³/mol. The summed E-state index contributed by atoms with van der Waals surface area (Å²) in [6.07, 6.45) is 1.95. The number of hydrogen-bond acceptors (Lipinski definition) is 2. The fourth-order valence-electron chi connectivity index (χ4n) is 1.70. The van der Waals surface area contributed by atoms with Gasteiger partial charge in [-0.05, 0) is 32.4 Å². The molecular weight excluding hydrogens is 174 g/mol. The third-order valence-electron chi connectivity index (χ3n) is 2.36. The molecule has 2 heterocycles. The summed E-state index contributed by atoms with van der Waals surface area (Å²) in [5, 5.41) is 8.98. The van der Waals surface area contributed by atoms with Gasteiger partial charge >= 0.3 is 0 Å². The van der Waals surface area contributed by atoms with Crippen LogP contribution in [-0.4, -0.2) is 9.38 Å². The van der Waals surface area contributed by atoms with Gasteiger partial charge in [0.15, 0.2) is 5.65 Å². The van der Waals surface area contributed by atoms with Crippen LogP contribution in [-0.2, 0) is 0 Å². The number of rotatable bonds is 0. The molecule has 0 spiro atoms. The lowest BCUT2D eigenvalue weighted by molar-refractivity contribution is 1.02. The SMILES string of the molecule is Cc1cc(C)n2cc(C)c(C#N)c2n1. The van der Waals surface area contributed by atoms with E-state index in [0.717, 1.165) is 22.6 Å². The summed E-state index contributed by atoms with van der Waals surface area (Å²) in [6, 6.07) is 4.20. The zero-order valence-electron chi connectivity index (χ0n) is 8.50. The minimum absolute atomic E-state index is 0.678. The Morgan fingerprint density at radius 3 is 2.71 bits per heavy atom. The van der Waals surface area contributed by atoms with Crippen LogP contribution in [0.5, 0.6) is 0 Å². The van der Waals surface area contributed by atoms with Crippen LogP contribution in [0.1, 0.15) is 22.5 Å². The molecule has 0 unspecified atom stereocenters. The summed E-state index contributed by atoms with van der Waals surface area (Å²) in [5.74, 6) is 0. The van der Waals surface area contributed by atoms with E-state index in [4.69, 9.17) is 5.26 Å². The van der Waals surface area contributed by atoms with E-state index in [1.54, 1.807) is 0 Å². The van der Waals surface area contributed by atoms with E-state index in [-0.39, 0.29) is 0 Å². The molecule has 0 N–H and O–H groups in total. The van der Waals surface area contributed by atoms with E-state index >= 15 is 0 Å². The van der Waals surface area contributed by atoms with E-state index < -0.39 is 0 Å². The van der Waals surface area contributed by atoms with Crippen LogP contribution in [0.2, 0.25) is 0 Å². The van der Waals surface area contributed by atoms with E-state index in [9.17, 15) is 0 Å². The molecule has 0 atom stereocenters. The monoisotopic (exact) mass is 185 g/mol. The van der Waals surface area contributed by atoms with Gasteiger partial charge in [-0.3, -0.25) is 0 Å². The quantitative estimate of drug-likeness (QED) is 0.630. The molecule has 70 valence electrons. The summed E-state index contributed by atoms with van der Waals surface area (Å²) < 4.78 is 1.96. The fourth-order valence-corrected chi connectivity index (χ4v) is 1.70. The van der Waals surface area contributed by atoms with Gasteiger partial charge < -0.3 is 4.40 Å². The van der Waals surface area contributed by atoms with Crippen LogP contribution >= 0.6 is 0 Å². The number of hydrogen-bond donors (Lipinski definition) is 0.